The molecule has 0 amide bonds. The van der Waals surface area contributed by atoms with Crippen molar-refractivity contribution in [3.63, 3.8) is 0 Å². The third kappa shape index (κ3) is 4.33. The highest BCUT2D eigenvalue weighted by Gasteiger charge is 2.02. The fourth-order valence-electron chi connectivity index (χ4n) is 1.89. The quantitative estimate of drug-likeness (QED) is 0.882. The van der Waals surface area contributed by atoms with Crippen LogP contribution in [0, 0.1) is 6.92 Å². The summed E-state index contributed by atoms with van der Waals surface area (Å²) in [7, 11) is 0. The maximum atomic E-state index is 9.31. The first kappa shape index (κ1) is 14.0. The Bertz CT molecular complexity index is 505. The topological polar surface area (TPSA) is 42.4 Å². The van der Waals surface area contributed by atoms with Crippen molar-refractivity contribution in [3.8, 4) is 5.75 Å². The minimum Gasteiger partial charge on any atom is -0.493 e. The lowest BCUT2D eigenvalue weighted by Crippen LogP contribution is -2.04. The molecule has 19 heavy (non-hydrogen) atoms. The summed E-state index contributed by atoms with van der Waals surface area (Å²) in [6.07, 6.45) is 1.27. The second kappa shape index (κ2) is 6.68. The zero-order valence-electron chi connectivity index (χ0n) is 11.3. The van der Waals surface area contributed by atoms with E-state index in [4.69, 9.17) is 4.74 Å². The SMILES string of the molecule is Cc1ncsc1CCOc1ccc(CC(C)O)cc1. The van der Waals surface area contributed by atoms with Gasteiger partial charge in [0.2, 0.25) is 0 Å². The molecule has 0 aliphatic rings. The lowest BCUT2D eigenvalue weighted by molar-refractivity contribution is 0.195. The number of aliphatic hydroxyl groups is 1. The molecule has 1 atom stereocenters. The Kier molecular flexibility index (Phi) is 4.93. The number of aryl methyl sites for hydroxylation is 1. The Labute approximate surface area is 117 Å². The Morgan fingerprint density at radius 2 is 2.05 bits per heavy atom. The average molecular weight is 277 g/mol. The molecule has 3 nitrogen and oxygen atoms in total. The van der Waals surface area contributed by atoms with Crippen LogP contribution in [-0.2, 0) is 12.8 Å². The van der Waals surface area contributed by atoms with E-state index in [9.17, 15) is 5.11 Å². The molecular formula is C15H19NO2S. The molecule has 0 saturated carbocycles. The van der Waals surface area contributed by atoms with E-state index >= 15 is 0 Å². The van der Waals surface area contributed by atoms with E-state index in [0.29, 0.717) is 13.0 Å². The predicted octanol–water partition coefficient (Wildman–Crippen LogP) is 3.00. The zero-order chi connectivity index (χ0) is 13.7. The second-order valence-corrected chi connectivity index (χ2v) is 5.60. The Balaban J connectivity index is 1.81. The number of rotatable bonds is 6. The number of aliphatic hydroxyl groups excluding tert-OH is 1. The van der Waals surface area contributed by atoms with Gasteiger partial charge in [-0.15, -0.1) is 11.3 Å². The van der Waals surface area contributed by atoms with E-state index in [1.807, 2.05) is 36.7 Å². The molecule has 0 fully saturated rings. The smallest absolute Gasteiger partial charge is 0.119 e. The summed E-state index contributed by atoms with van der Waals surface area (Å²) < 4.78 is 5.71. The molecule has 0 bridgehead atoms. The van der Waals surface area contributed by atoms with E-state index in [0.717, 1.165) is 23.4 Å². The van der Waals surface area contributed by atoms with Crippen LogP contribution >= 0.6 is 11.3 Å². The van der Waals surface area contributed by atoms with Gasteiger partial charge >= 0.3 is 0 Å². The van der Waals surface area contributed by atoms with Gasteiger partial charge in [0.15, 0.2) is 0 Å². The van der Waals surface area contributed by atoms with Crippen molar-refractivity contribution in [2.75, 3.05) is 6.61 Å². The molecule has 1 N–H and O–H groups in total. The lowest BCUT2D eigenvalue weighted by atomic mass is 10.1. The lowest BCUT2D eigenvalue weighted by Gasteiger charge is -2.08. The summed E-state index contributed by atoms with van der Waals surface area (Å²) in [5.41, 5.74) is 4.09. The number of ether oxygens (including phenoxy) is 1. The van der Waals surface area contributed by atoms with Crippen molar-refractivity contribution >= 4 is 11.3 Å². The Hall–Kier alpha value is -1.39. The fourth-order valence-corrected chi connectivity index (χ4v) is 2.65. The van der Waals surface area contributed by atoms with Gasteiger partial charge in [0.25, 0.3) is 0 Å². The highest BCUT2D eigenvalue weighted by atomic mass is 32.1. The molecule has 0 aliphatic heterocycles. The summed E-state index contributed by atoms with van der Waals surface area (Å²) in [6.45, 7) is 4.48. The maximum Gasteiger partial charge on any atom is 0.119 e. The van der Waals surface area contributed by atoms with Gasteiger partial charge in [-0.1, -0.05) is 12.1 Å². The standard InChI is InChI=1S/C15H19NO2S/c1-11(17)9-13-3-5-14(6-4-13)18-8-7-15-12(2)16-10-19-15/h3-6,10-11,17H,7-9H2,1-2H3. The summed E-state index contributed by atoms with van der Waals surface area (Å²) in [5.74, 6) is 0.872. The van der Waals surface area contributed by atoms with E-state index in [-0.39, 0.29) is 6.10 Å². The third-order valence-electron chi connectivity index (χ3n) is 2.90. The molecule has 0 radical (unpaired) electrons. The molecule has 1 aromatic heterocycles. The van der Waals surface area contributed by atoms with Gasteiger partial charge in [-0.2, -0.15) is 0 Å². The number of hydrogen-bond acceptors (Lipinski definition) is 4. The van der Waals surface area contributed by atoms with Crippen LogP contribution in [0.1, 0.15) is 23.1 Å². The van der Waals surface area contributed by atoms with E-state index in [1.165, 1.54) is 4.88 Å². The number of hydrogen-bond donors (Lipinski definition) is 1. The normalized spacial score (nSPS) is 12.4. The van der Waals surface area contributed by atoms with Gasteiger partial charge in [-0.25, -0.2) is 4.98 Å². The Morgan fingerprint density at radius 1 is 1.32 bits per heavy atom. The van der Waals surface area contributed by atoms with Crippen molar-refractivity contribution in [2.24, 2.45) is 0 Å². The fraction of sp³-hybridized carbons (Fsp3) is 0.400. The van der Waals surface area contributed by atoms with Crippen LogP contribution in [0.15, 0.2) is 29.8 Å². The van der Waals surface area contributed by atoms with Gasteiger partial charge in [0.1, 0.15) is 5.75 Å². The van der Waals surface area contributed by atoms with Crippen LogP contribution in [0.25, 0.3) is 0 Å². The highest BCUT2D eigenvalue weighted by molar-refractivity contribution is 7.09. The highest BCUT2D eigenvalue weighted by Crippen LogP contribution is 2.16. The third-order valence-corrected chi connectivity index (χ3v) is 3.89. The van der Waals surface area contributed by atoms with Crippen molar-refractivity contribution < 1.29 is 9.84 Å². The van der Waals surface area contributed by atoms with Crippen LogP contribution in [-0.4, -0.2) is 22.8 Å². The van der Waals surface area contributed by atoms with Crippen molar-refractivity contribution in [3.05, 3.63) is 45.9 Å². The molecule has 2 rings (SSSR count). The van der Waals surface area contributed by atoms with Crippen molar-refractivity contribution in [1.82, 2.24) is 4.98 Å². The van der Waals surface area contributed by atoms with Crippen LogP contribution < -0.4 is 4.74 Å². The average Bonchev–Trinajstić information content (AvgIpc) is 2.77. The maximum absolute atomic E-state index is 9.31. The van der Waals surface area contributed by atoms with Gasteiger partial charge in [0, 0.05) is 11.3 Å². The van der Waals surface area contributed by atoms with Gasteiger partial charge in [-0.05, 0) is 38.0 Å². The molecule has 1 unspecified atom stereocenters. The molecule has 2 aromatic rings. The monoisotopic (exact) mass is 277 g/mol. The van der Waals surface area contributed by atoms with Gasteiger partial charge in [-0.3, -0.25) is 0 Å². The zero-order valence-corrected chi connectivity index (χ0v) is 12.1. The predicted molar refractivity (Wildman–Crippen MR) is 77.9 cm³/mol. The molecule has 0 saturated heterocycles. The van der Waals surface area contributed by atoms with Gasteiger partial charge in [0.05, 0.1) is 23.9 Å². The van der Waals surface area contributed by atoms with E-state index in [2.05, 4.69) is 4.98 Å². The minimum absolute atomic E-state index is 0.305. The van der Waals surface area contributed by atoms with Crippen LogP contribution in [0.4, 0.5) is 0 Å². The molecule has 1 heterocycles. The summed E-state index contributed by atoms with van der Waals surface area (Å²) in [4.78, 5) is 5.50. The number of aromatic nitrogens is 1. The van der Waals surface area contributed by atoms with E-state index in [1.54, 1.807) is 18.3 Å². The first-order valence-corrected chi connectivity index (χ1v) is 7.32. The molecule has 4 heteroatoms. The molecular weight excluding hydrogens is 258 g/mol. The number of benzene rings is 1. The van der Waals surface area contributed by atoms with E-state index < -0.39 is 0 Å². The van der Waals surface area contributed by atoms with Crippen LogP contribution in [0.3, 0.4) is 0 Å². The summed E-state index contributed by atoms with van der Waals surface area (Å²) in [5, 5.41) is 9.31. The van der Waals surface area contributed by atoms with Crippen LogP contribution in [0.2, 0.25) is 0 Å². The molecule has 0 aliphatic carbocycles. The summed E-state index contributed by atoms with van der Waals surface area (Å²) >= 11 is 1.68. The second-order valence-electron chi connectivity index (χ2n) is 4.66. The molecule has 1 aromatic carbocycles. The molecule has 0 spiro atoms. The number of thiazole rings is 1. The minimum atomic E-state index is -0.305. The van der Waals surface area contributed by atoms with Gasteiger partial charge < -0.3 is 9.84 Å². The van der Waals surface area contributed by atoms with Crippen molar-refractivity contribution in [1.29, 1.82) is 0 Å². The summed E-state index contributed by atoms with van der Waals surface area (Å²) in [6, 6.07) is 7.91. The largest absolute Gasteiger partial charge is 0.493 e. The molecule has 102 valence electrons. The Morgan fingerprint density at radius 3 is 2.63 bits per heavy atom. The van der Waals surface area contributed by atoms with Crippen molar-refractivity contribution in [2.45, 2.75) is 32.8 Å². The first-order valence-electron chi connectivity index (χ1n) is 6.44. The first-order chi connectivity index (χ1) is 9.15. The number of nitrogens with zero attached hydrogens (tertiary/aromatic N) is 1. The van der Waals surface area contributed by atoms with Crippen LogP contribution in [0.5, 0.6) is 5.75 Å².